The van der Waals surface area contributed by atoms with Crippen LogP contribution in [0.3, 0.4) is 0 Å². The molecule has 0 amide bonds. The normalized spacial score (nSPS) is 10.4. The second-order valence-electron chi connectivity index (χ2n) is 3.72. The Morgan fingerprint density at radius 1 is 1.67 bits per heavy atom. The molecule has 8 nitrogen and oxygen atoms in total. The van der Waals surface area contributed by atoms with E-state index in [0.717, 1.165) is 6.20 Å². The molecule has 1 heterocycles. The Kier molecular flexibility index (Phi) is 4.38. The summed E-state index contributed by atoms with van der Waals surface area (Å²) in [5.74, 6) is -1.22. The van der Waals surface area contributed by atoms with Gasteiger partial charge < -0.3 is 10.0 Å². The summed E-state index contributed by atoms with van der Waals surface area (Å²) in [6.45, 7) is 2.98. The lowest BCUT2D eigenvalue weighted by molar-refractivity contribution is -0.384. The lowest BCUT2D eigenvalue weighted by Gasteiger charge is -2.25. The fourth-order valence-corrected chi connectivity index (χ4v) is 1.46. The molecule has 0 atom stereocenters. The van der Waals surface area contributed by atoms with Crippen LogP contribution in [0.2, 0.25) is 5.28 Å². The Morgan fingerprint density at radius 2 is 2.28 bits per heavy atom. The van der Waals surface area contributed by atoms with Crippen molar-refractivity contribution in [3.05, 3.63) is 21.6 Å². The molecule has 0 spiro atoms. The van der Waals surface area contributed by atoms with E-state index >= 15 is 0 Å². The molecule has 0 radical (unpaired) electrons. The van der Waals surface area contributed by atoms with Gasteiger partial charge in [0.05, 0.1) is 4.92 Å². The Bertz CT molecular complexity index is 480. The molecular formula is C9H11ClN4O4. The summed E-state index contributed by atoms with van der Waals surface area (Å²) in [7, 11) is 0. The lowest BCUT2D eigenvalue weighted by Crippen LogP contribution is -2.36. The zero-order valence-corrected chi connectivity index (χ0v) is 10.5. The molecule has 1 rings (SSSR count). The first-order valence-electron chi connectivity index (χ1n) is 4.98. The van der Waals surface area contributed by atoms with Crippen molar-refractivity contribution in [1.82, 2.24) is 9.97 Å². The molecule has 0 aliphatic carbocycles. The van der Waals surface area contributed by atoms with Gasteiger partial charge in [0, 0.05) is 6.04 Å². The molecule has 0 aliphatic rings. The fourth-order valence-electron chi connectivity index (χ4n) is 1.33. The van der Waals surface area contributed by atoms with Crippen LogP contribution in [-0.2, 0) is 4.79 Å². The van der Waals surface area contributed by atoms with Gasteiger partial charge >= 0.3 is 11.7 Å². The molecular weight excluding hydrogens is 264 g/mol. The van der Waals surface area contributed by atoms with Crippen molar-refractivity contribution >= 4 is 29.1 Å². The van der Waals surface area contributed by atoms with Crippen molar-refractivity contribution < 1.29 is 14.8 Å². The van der Waals surface area contributed by atoms with Gasteiger partial charge in [-0.2, -0.15) is 4.98 Å². The molecule has 0 saturated carbocycles. The highest BCUT2D eigenvalue weighted by Crippen LogP contribution is 2.27. The van der Waals surface area contributed by atoms with E-state index in [2.05, 4.69) is 9.97 Å². The van der Waals surface area contributed by atoms with E-state index in [-0.39, 0.29) is 22.8 Å². The molecule has 98 valence electrons. The molecule has 18 heavy (non-hydrogen) atoms. The highest BCUT2D eigenvalue weighted by atomic mass is 35.5. The molecule has 1 aromatic rings. The number of anilines is 1. The van der Waals surface area contributed by atoms with Gasteiger partial charge in [0.15, 0.2) is 0 Å². The first-order valence-corrected chi connectivity index (χ1v) is 5.36. The lowest BCUT2D eigenvalue weighted by atomic mass is 10.3. The predicted octanol–water partition coefficient (Wildman–Crippen LogP) is 1.34. The number of aliphatic carboxylic acids is 1. The second kappa shape index (κ2) is 5.58. The standard InChI is InChI=1S/C9H11ClN4O4/c1-5(2)13(4-7(15)16)8-6(14(17)18)3-11-9(10)12-8/h3,5H,4H2,1-2H3,(H,15,16). The minimum atomic E-state index is -1.12. The van der Waals surface area contributed by atoms with Gasteiger partial charge in [0.2, 0.25) is 11.1 Å². The Hall–Kier alpha value is -1.96. The summed E-state index contributed by atoms with van der Waals surface area (Å²) in [5, 5.41) is 19.5. The number of carbonyl (C=O) groups is 1. The van der Waals surface area contributed by atoms with Crippen LogP contribution in [-0.4, -0.2) is 38.6 Å². The highest BCUT2D eigenvalue weighted by molar-refractivity contribution is 6.28. The smallest absolute Gasteiger partial charge is 0.329 e. The SMILES string of the molecule is CC(C)N(CC(=O)O)c1nc(Cl)ncc1[N+](=O)[O-]. The van der Waals surface area contributed by atoms with Crippen LogP contribution in [0.5, 0.6) is 0 Å². The monoisotopic (exact) mass is 274 g/mol. The number of carboxylic acid groups (broad SMARTS) is 1. The third-order valence-corrected chi connectivity index (χ3v) is 2.30. The van der Waals surface area contributed by atoms with Crippen molar-refractivity contribution in [2.24, 2.45) is 0 Å². The molecule has 0 unspecified atom stereocenters. The molecule has 0 aromatic carbocycles. The van der Waals surface area contributed by atoms with Gasteiger partial charge in [-0.15, -0.1) is 0 Å². The largest absolute Gasteiger partial charge is 0.480 e. The van der Waals surface area contributed by atoms with Crippen LogP contribution in [0.25, 0.3) is 0 Å². The fraction of sp³-hybridized carbons (Fsp3) is 0.444. The van der Waals surface area contributed by atoms with Gasteiger partial charge in [-0.25, -0.2) is 4.98 Å². The van der Waals surface area contributed by atoms with Crippen LogP contribution in [0.4, 0.5) is 11.5 Å². The third-order valence-electron chi connectivity index (χ3n) is 2.12. The summed E-state index contributed by atoms with van der Waals surface area (Å²) in [6, 6.07) is -0.286. The van der Waals surface area contributed by atoms with E-state index in [1.54, 1.807) is 13.8 Å². The molecule has 1 N–H and O–H groups in total. The molecule has 0 aliphatic heterocycles. The maximum Gasteiger partial charge on any atom is 0.329 e. The number of rotatable bonds is 5. The first-order chi connectivity index (χ1) is 8.32. The van der Waals surface area contributed by atoms with Crippen molar-refractivity contribution in [2.45, 2.75) is 19.9 Å². The molecule has 1 aromatic heterocycles. The van der Waals surface area contributed by atoms with Gasteiger partial charge in [0.25, 0.3) is 0 Å². The number of hydrogen-bond acceptors (Lipinski definition) is 6. The van der Waals surface area contributed by atoms with Gasteiger partial charge in [0.1, 0.15) is 12.7 Å². The van der Waals surface area contributed by atoms with Crippen molar-refractivity contribution in [3.63, 3.8) is 0 Å². The zero-order valence-electron chi connectivity index (χ0n) is 9.70. The number of carboxylic acids is 1. The third kappa shape index (κ3) is 3.27. The average Bonchev–Trinajstić information content (AvgIpc) is 2.24. The zero-order chi connectivity index (χ0) is 13.9. The van der Waals surface area contributed by atoms with Crippen molar-refractivity contribution in [2.75, 3.05) is 11.4 Å². The van der Waals surface area contributed by atoms with Gasteiger partial charge in [-0.3, -0.25) is 14.9 Å². The number of nitro groups is 1. The summed E-state index contributed by atoms with van der Waals surface area (Å²) in [4.78, 5) is 29.5. The van der Waals surface area contributed by atoms with Crippen LogP contribution in [0.1, 0.15) is 13.8 Å². The van der Waals surface area contributed by atoms with Crippen LogP contribution in [0.15, 0.2) is 6.20 Å². The van der Waals surface area contributed by atoms with Crippen LogP contribution in [0, 0.1) is 10.1 Å². The molecule has 0 bridgehead atoms. The van der Waals surface area contributed by atoms with Crippen LogP contribution < -0.4 is 4.90 Å². The minimum Gasteiger partial charge on any atom is -0.480 e. The maximum absolute atomic E-state index is 10.9. The Labute approximate surface area is 107 Å². The first kappa shape index (κ1) is 14.1. The molecule has 9 heteroatoms. The van der Waals surface area contributed by atoms with Crippen molar-refractivity contribution in [3.8, 4) is 0 Å². The van der Waals surface area contributed by atoms with E-state index in [1.165, 1.54) is 4.90 Å². The van der Waals surface area contributed by atoms with Crippen molar-refractivity contribution in [1.29, 1.82) is 0 Å². The van der Waals surface area contributed by atoms with E-state index in [9.17, 15) is 14.9 Å². The Balaban J connectivity index is 3.29. The number of aromatic nitrogens is 2. The van der Waals surface area contributed by atoms with Gasteiger partial charge in [-0.1, -0.05) is 0 Å². The molecule has 0 saturated heterocycles. The minimum absolute atomic E-state index is 0.0996. The summed E-state index contributed by atoms with van der Waals surface area (Å²) in [5.41, 5.74) is -0.380. The Morgan fingerprint density at radius 3 is 2.72 bits per heavy atom. The average molecular weight is 275 g/mol. The number of hydrogen-bond donors (Lipinski definition) is 1. The summed E-state index contributed by atoms with van der Waals surface area (Å²) >= 11 is 5.59. The summed E-state index contributed by atoms with van der Waals surface area (Å²) < 4.78 is 0. The second-order valence-corrected chi connectivity index (χ2v) is 4.06. The molecule has 0 fully saturated rings. The van der Waals surface area contributed by atoms with Crippen LogP contribution >= 0.6 is 11.6 Å². The maximum atomic E-state index is 10.9. The quantitative estimate of drug-likeness (QED) is 0.490. The predicted molar refractivity (Wildman–Crippen MR) is 63.8 cm³/mol. The van der Waals surface area contributed by atoms with E-state index in [1.807, 2.05) is 0 Å². The van der Waals surface area contributed by atoms with E-state index < -0.39 is 17.4 Å². The highest BCUT2D eigenvalue weighted by Gasteiger charge is 2.26. The van der Waals surface area contributed by atoms with E-state index in [4.69, 9.17) is 16.7 Å². The topological polar surface area (TPSA) is 109 Å². The number of halogens is 1. The number of nitrogens with zero attached hydrogens (tertiary/aromatic N) is 4. The van der Waals surface area contributed by atoms with E-state index in [0.29, 0.717) is 0 Å². The van der Waals surface area contributed by atoms with Gasteiger partial charge in [-0.05, 0) is 25.4 Å². The summed E-state index contributed by atoms with van der Waals surface area (Å²) in [6.07, 6.45) is 0.960.